The van der Waals surface area contributed by atoms with E-state index in [1.54, 1.807) is 0 Å². The van der Waals surface area contributed by atoms with E-state index in [1.165, 1.54) is 98.5 Å². The molecule has 0 N–H and O–H groups in total. The van der Waals surface area contributed by atoms with Gasteiger partial charge in [-0.2, -0.15) is 0 Å². The topological polar surface area (TPSA) is 32.8 Å². The van der Waals surface area contributed by atoms with Crippen LogP contribution in [0.4, 0.5) is 5.69 Å². The van der Waals surface area contributed by atoms with Gasteiger partial charge in [-0.15, -0.1) is 0 Å². The van der Waals surface area contributed by atoms with Crippen molar-refractivity contribution >= 4 is 24.8 Å². The Hall–Kier alpha value is -0.650. The van der Waals surface area contributed by atoms with Gasteiger partial charge in [-0.3, -0.25) is 0 Å². The molecule has 1 aromatic rings. The van der Waals surface area contributed by atoms with Crippen molar-refractivity contribution in [1.29, 1.82) is 0 Å². The summed E-state index contributed by atoms with van der Waals surface area (Å²) in [6.07, 6.45) is 15.0. The molecule has 1 heterocycles. The Kier molecular flexibility index (Phi) is 12.5. The average molecular weight is 701 g/mol. The Labute approximate surface area is 233 Å². The Bertz CT molecular complexity index is 834. The fraction of sp³-hybridized carbons (Fsp3) is 0.733. The number of carbonyl (C=O) groups excluding carboxylic acids is 1. The molecule has 0 spiro atoms. The van der Waals surface area contributed by atoms with Gasteiger partial charge in [0, 0.05) is 0 Å². The van der Waals surface area contributed by atoms with Crippen LogP contribution in [0.5, 0.6) is 0 Å². The van der Waals surface area contributed by atoms with Crippen LogP contribution in [-0.4, -0.2) is 40.6 Å². The molecule has 1 unspecified atom stereocenters. The minimum atomic E-state index is -0.567. The summed E-state index contributed by atoms with van der Waals surface area (Å²) < 4.78 is 6.45. The van der Waals surface area contributed by atoms with E-state index >= 15 is 0 Å². The number of hydrogen-bond acceptors (Lipinski definition) is 4. The zero-order chi connectivity index (χ0) is 26.1. The Balaban J connectivity index is 2.02. The van der Waals surface area contributed by atoms with Crippen LogP contribution in [-0.2, 0) is 27.7 Å². The first-order chi connectivity index (χ1) is 17.4. The van der Waals surface area contributed by atoms with Crippen molar-refractivity contribution in [2.75, 3.05) is 18.6 Å². The molecule has 6 heteroatoms. The van der Waals surface area contributed by atoms with Gasteiger partial charge in [-0.25, -0.2) is 0 Å². The second-order valence-corrected chi connectivity index (χ2v) is 13.6. The first-order valence-electron chi connectivity index (χ1n) is 14.2. The van der Waals surface area contributed by atoms with Crippen molar-refractivity contribution in [2.45, 2.75) is 129 Å². The number of carbonyl (C=O) groups is 1. The van der Waals surface area contributed by atoms with Gasteiger partial charge in [-0.1, -0.05) is 0 Å². The second kappa shape index (κ2) is 15.1. The monoisotopic (exact) mass is 700 g/mol. The first kappa shape index (κ1) is 29.9. The van der Waals surface area contributed by atoms with Crippen LogP contribution in [0.25, 0.3) is 0 Å². The molecule has 1 aliphatic carbocycles. The van der Waals surface area contributed by atoms with E-state index < -0.39 is 18.2 Å². The third-order valence-corrected chi connectivity index (χ3v) is 10.3. The van der Waals surface area contributed by atoms with Crippen LogP contribution >= 0.6 is 9.19 Å². The van der Waals surface area contributed by atoms with Crippen LogP contribution in [0.1, 0.15) is 128 Å². The number of benzene rings is 1. The third-order valence-electron chi connectivity index (χ3n) is 7.95. The number of nitrogens with zero attached hydrogens (tertiary/aromatic N) is 2. The standard InChI is InChI=1S/C30H48N2O2.Au.ClH/c1-23(2)27-18-15-19-28(24(3)4)30(27)32-22-31(21-26(32)20-29(33)34-5)25-16-13-11-9-7-6-8-10-12-14-17-25;;/h15,18-19,23-26H,6-14,16-17,20-21H2,1-5H3;;1H/q;+1;/p-1. The molecule has 3 rings (SSSR count). The molecule has 2 aliphatic rings. The number of ether oxygens (including phenoxy) is 1. The van der Waals surface area contributed by atoms with Gasteiger partial charge in [0.1, 0.15) is 0 Å². The van der Waals surface area contributed by atoms with E-state index in [9.17, 15) is 4.79 Å². The second-order valence-electron chi connectivity index (χ2n) is 11.3. The summed E-state index contributed by atoms with van der Waals surface area (Å²) in [6, 6.07) is 7.29. The number of halogens is 1. The van der Waals surface area contributed by atoms with Gasteiger partial charge < -0.3 is 0 Å². The van der Waals surface area contributed by atoms with Crippen molar-refractivity contribution in [3.63, 3.8) is 0 Å². The van der Waals surface area contributed by atoms with E-state index in [1.807, 2.05) is 0 Å². The molecular formula is C30H48AuClN2O2. The summed E-state index contributed by atoms with van der Waals surface area (Å²) in [5.74, 6) is 0.645. The Morgan fingerprint density at radius 1 is 0.944 bits per heavy atom. The number of anilines is 1. The SMILES string of the molecule is COC(=O)CC1CN(C2CCCCCCCCCCC2)[C](=[Au][Cl])N1c1c(C(C)C)cccc1C(C)C. The zero-order valence-electron chi connectivity index (χ0n) is 23.1. The number of methoxy groups -OCH3 is 1. The van der Waals surface area contributed by atoms with Gasteiger partial charge in [0.25, 0.3) is 0 Å². The van der Waals surface area contributed by atoms with Crippen molar-refractivity contribution < 1.29 is 27.7 Å². The summed E-state index contributed by atoms with van der Waals surface area (Å²) in [5.41, 5.74) is 3.99. The predicted octanol–water partition coefficient (Wildman–Crippen LogP) is 7.98. The van der Waals surface area contributed by atoms with Crippen LogP contribution in [0, 0.1) is 0 Å². The summed E-state index contributed by atoms with van der Waals surface area (Å²) in [6.45, 7) is 9.95. The van der Waals surface area contributed by atoms with Gasteiger partial charge >= 0.3 is 234 Å². The maximum absolute atomic E-state index is 12.6. The van der Waals surface area contributed by atoms with Crippen molar-refractivity contribution in [3.05, 3.63) is 29.3 Å². The molecule has 0 radical (unpaired) electrons. The molecule has 1 atom stereocenters. The fourth-order valence-electron chi connectivity index (χ4n) is 5.94. The molecule has 1 saturated carbocycles. The Morgan fingerprint density at radius 2 is 1.44 bits per heavy atom. The van der Waals surface area contributed by atoms with Crippen molar-refractivity contribution in [2.24, 2.45) is 0 Å². The van der Waals surface area contributed by atoms with Crippen LogP contribution in [0.2, 0.25) is 0 Å². The molecule has 1 aliphatic heterocycles. The zero-order valence-corrected chi connectivity index (χ0v) is 26.0. The summed E-state index contributed by atoms with van der Waals surface area (Å²) in [5, 5.41) is 0. The van der Waals surface area contributed by atoms with E-state index in [2.05, 4.69) is 55.7 Å². The normalized spacial score (nSPS) is 23.2. The van der Waals surface area contributed by atoms with E-state index in [0.29, 0.717) is 24.3 Å². The number of hydrogen-bond donors (Lipinski definition) is 0. The van der Waals surface area contributed by atoms with Crippen LogP contribution in [0.3, 0.4) is 0 Å². The van der Waals surface area contributed by atoms with Gasteiger partial charge in [-0.05, 0) is 0 Å². The van der Waals surface area contributed by atoms with E-state index in [-0.39, 0.29) is 12.0 Å². The molecule has 1 aromatic carbocycles. The molecule has 2 fully saturated rings. The minimum absolute atomic E-state index is 0.0567. The molecular weight excluding hydrogens is 653 g/mol. The molecule has 36 heavy (non-hydrogen) atoms. The maximum atomic E-state index is 12.6. The molecule has 0 bridgehead atoms. The van der Waals surface area contributed by atoms with Crippen molar-refractivity contribution in [1.82, 2.24) is 4.90 Å². The van der Waals surface area contributed by atoms with Gasteiger partial charge in [0.15, 0.2) is 0 Å². The van der Waals surface area contributed by atoms with Gasteiger partial charge in [0.05, 0.1) is 0 Å². The molecule has 1 saturated heterocycles. The fourth-order valence-corrected chi connectivity index (χ4v) is 8.59. The number of esters is 1. The third kappa shape index (κ3) is 7.69. The van der Waals surface area contributed by atoms with E-state index in [4.69, 9.17) is 13.9 Å². The van der Waals surface area contributed by atoms with Gasteiger partial charge in [0.2, 0.25) is 0 Å². The van der Waals surface area contributed by atoms with Crippen LogP contribution in [0.15, 0.2) is 18.2 Å². The van der Waals surface area contributed by atoms with E-state index in [0.717, 1.165) is 6.54 Å². The predicted molar refractivity (Wildman–Crippen MR) is 150 cm³/mol. The summed E-state index contributed by atoms with van der Waals surface area (Å²) >= 11 is -0.567. The molecule has 208 valence electrons. The van der Waals surface area contributed by atoms with Crippen LogP contribution < -0.4 is 4.90 Å². The quantitative estimate of drug-likeness (QED) is 0.223. The molecule has 4 nitrogen and oxygen atoms in total. The van der Waals surface area contributed by atoms with Crippen molar-refractivity contribution in [3.8, 4) is 0 Å². The Morgan fingerprint density at radius 3 is 1.89 bits per heavy atom. The first-order valence-corrected chi connectivity index (χ1v) is 18.0. The number of para-hydroxylation sites is 1. The summed E-state index contributed by atoms with van der Waals surface area (Å²) in [7, 11) is 8.41. The molecule has 0 amide bonds. The summed E-state index contributed by atoms with van der Waals surface area (Å²) in [4.78, 5) is 17.7. The average Bonchev–Trinajstić information content (AvgIpc) is 3.21. The number of rotatable bonds is 6. The molecule has 0 aromatic heterocycles.